The number of aliphatic hydroxyl groups excluding tert-OH is 1. The van der Waals surface area contributed by atoms with Crippen LogP contribution in [-0.2, 0) is 6.54 Å². The number of carbonyl (C=O) groups excluding carboxylic acids is 1. The molecule has 1 aromatic rings. The largest absolute Gasteiger partial charge is 0.395 e. The van der Waals surface area contributed by atoms with Crippen LogP contribution in [0.15, 0.2) is 12.1 Å². The monoisotopic (exact) mass is 308 g/mol. The van der Waals surface area contributed by atoms with Gasteiger partial charge < -0.3 is 15.0 Å². The molecule has 1 aliphatic heterocycles. The lowest BCUT2D eigenvalue weighted by atomic mass is 10.1. The highest BCUT2D eigenvalue weighted by Gasteiger charge is 2.22. The van der Waals surface area contributed by atoms with E-state index in [1.807, 2.05) is 12.1 Å². The summed E-state index contributed by atoms with van der Waals surface area (Å²) in [6.07, 6.45) is 0.989. The molecule has 1 amide bonds. The number of nitrogens with zero attached hydrogens (tertiary/aromatic N) is 3. The van der Waals surface area contributed by atoms with Gasteiger partial charge in [-0.05, 0) is 18.6 Å². The van der Waals surface area contributed by atoms with Crippen molar-refractivity contribution in [3.05, 3.63) is 23.5 Å². The van der Waals surface area contributed by atoms with E-state index in [0.717, 1.165) is 44.8 Å². The number of aliphatic hydroxyl groups is 1. The summed E-state index contributed by atoms with van der Waals surface area (Å²) in [5, 5.41) is 9.38. The maximum absolute atomic E-state index is 11.9. The fraction of sp³-hybridized carbons (Fsp3) is 0.688. The van der Waals surface area contributed by atoms with Gasteiger partial charge in [-0.2, -0.15) is 0 Å². The van der Waals surface area contributed by atoms with Gasteiger partial charge in [-0.25, -0.2) is 0 Å². The summed E-state index contributed by atoms with van der Waals surface area (Å²) in [5.41, 5.74) is 1.72. The molecule has 0 aliphatic carbocycles. The Hall–Kier alpha value is -1.37. The van der Waals surface area contributed by atoms with Gasteiger partial charge in [-0.15, -0.1) is 0 Å². The van der Waals surface area contributed by atoms with Crippen LogP contribution >= 0.6 is 0 Å². The van der Waals surface area contributed by atoms with Crippen LogP contribution in [0.4, 0.5) is 0 Å². The zero-order valence-electron chi connectivity index (χ0n) is 13.9. The Morgan fingerprint density at radius 1 is 1.32 bits per heavy atom. The third kappa shape index (κ3) is 4.09. The van der Waals surface area contributed by atoms with Gasteiger partial charge in [0.05, 0.1) is 6.61 Å². The first kappa shape index (κ1) is 17.0. The van der Waals surface area contributed by atoms with E-state index in [1.165, 1.54) is 0 Å². The fourth-order valence-electron chi connectivity index (χ4n) is 2.93. The molecular formula is C16H28N4O2. The van der Waals surface area contributed by atoms with Gasteiger partial charge in [0.25, 0.3) is 5.91 Å². The van der Waals surface area contributed by atoms with Crippen molar-refractivity contribution >= 4 is 5.91 Å². The number of amides is 1. The van der Waals surface area contributed by atoms with Gasteiger partial charge in [-0.1, -0.05) is 6.92 Å². The van der Waals surface area contributed by atoms with E-state index in [0.29, 0.717) is 5.69 Å². The molecule has 0 aromatic carbocycles. The van der Waals surface area contributed by atoms with Crippen molar-refractivity contribution in [3.8, 4) is 0 Å². The molecule has 124 valence electrons. The molecule has 1 saturated heterocycles. The molecule has 1 fully saturated rings. The second kappa shape index (κ2) is 7.76. The average Bonchev–Trinajstić information content (AvgIpc) is 2.97. The van der Waals surface area contributed by atoms with Crippen LogP contribution in [0.3, 0.4) is 0 Å². The highest BCUT2D eigenvalue weighted by molar-refractivity contribution is 5.92. The number of aromatic nitrogens is 1. The summed E-state index contributed by atoms with van der Waals surface area (Å²) in [7, 11) is 3.51. The molecule has 2 N–H and O–H groups in total. The highest BCUT2D eigenvalue weighted by atomic mass is 16.3. The average molecular weight is 308 g/mol. The van der Waals surface area contributed by atoms with Gasteiger partial charge in [0.15, 0.2) is 0 Å². The Morgan fingerprint density at radius 2 is 2.00 bits per heavy atom. The number of piperazine rings is 1. The Bertz CT molecular complexity index is 474. The number of H-pyrrole nitrogens is 1. The number of nitrogens with one attached hydrogen (secondary N) is 1. The van der Waals surface area contributed by atoms with Crippen molar-refractivity contribution in [2.24, 2.45) is 0 Å². The maximum Gasteiger partial charge on any atom is 0.269 e. The lowest BCUT2D eigenvalue weighted by Gasteiger charge is -2.38. The fourth-order valence-corrected chi connectivity index (χ4v) is 2.93. The van der Waals surface area contributed by atoms with Crippen molar-refractivity contribution in [1.82, 2.24) is 19.7 Å². The van der Waals surface area contributed by atoms with E-state index in [4.69, 9.17) is 0 Å². The van der Waals surface area contributed by atoms with Gasteiger partial charge >= 0.3 is 0 Å². The number of hydrogen-bond acceptors (Lipinski definition) is 4. The van der Waals surface area contributed by atoms with Crippen LogP contribution in [0.25, 0.3) is 0 Å². The summed E-state index contributed by atoms with van der Waals surface area (Å²) in [4.78, 5) is 21.4. The van der Waals surface area contributed by atoms with E-state index in [1.54, 1.807) is 19.0 Å². The van der Waals surface area contributed by atoms with E-state index >= 15 is 0 Å². The summed E-state index contributed by atoms with van der Waals surface area (Å²) < 4.78 is 0. The van der Waals surface area contributed by atoms with E-state index in [9.17, 15) is 9.90 Å². The molecule has 0 radical (unpaired) electrons. The highest BCUT2D eigenvalue weighted by Crippen LogP contribution is 2.12. The van der Waals surface area contributed by atoms with Crippen LogP contribution in [-0.4, -0.2) is 83.6 Å². The zero-order chi connectivity index (χ0) is 16.1. The predicted molar refractivity (Wildman–Crippen MR) is 86.8 cm³/mol. The molecule has 2 rings (SSSR count). The minimum absolute atomic E-state index is 0.00445. The first-order chi connectivity index (χ1) is 10.5. The maximum atomic E-state index is 11.9. The number of hydrogen-bond donors (Lipinski definition) is 2. The quantitative estimate of drug-likeness (QED) is 0.808. The van der Waals surface area contributed by atoms with E-state index in [-0.39, 0.29) is 18.6 Å². The minimum Gasteiger partial charge on any atom is -0.395 e. The second-order valence-corrected chi connectivity index (χ2v) is 6.15. The zero-order valence-corrected chi connectivity index (χ0v) is 13.9. The molecule has 6 heteroatoms. The molecule has 0 spiro atoms. The summed E-state index contributed by atoms with van der Waals surface area (Å²) in [6, 6.07) is 4.13. The molecule has 0 saturated carbocycles. The topological polar surface area (TPSA) is 62.8 Å². The van der Waals surface area contributed by atoms with E-state index in [2.05, 4.69) is 21.7 Å². The predicted octanol–water partition coefficient (Wildman–Crippen LogP) is 0.605. The van der Waals surface area contributed by atoms with Crippen molar-refractivity contribution in [2.75, 3.05) is 46.9 Å². The van der Waals surface area contributed by atoms with Crippen molar-refractivity contribution in [2.45, 2.75) is 25.9 Å². The van der Waals surface area contributed by atoms with Gasteiger partial charge in [0, 0.05) is 58.6 Å². The van der Waals surface area contributed by atoms with E-state index < -0.39 is 0 Å². The minimum atomic E-state index is 0.00445. The van der Waals surface area contributed by atoms with Crippen molar-refractivity contribution < 1.29 is 9.90 Å². The molecule has 22 heavy (non-hydrogen) atoms. The normalized spacial score (nSPS) is 18.4. The standard InChI is InChI=1S/C16H28N4O2/c1-4-14(12-21)20-9-7-19(8-10-20)11-13-5-6-15(17-13)16(22)18(2)3/h5-6,14,17,21H,4,7-12H2,1-3H3. The smallest absolute Gasteiger partial charge is 0.269 e. The van der Waals surface area contributed by atoms with Gasteiger partial charge in [-0.3, -0.25) is 14.6 Å². The summed E-state index contributed by atoms with van der Waals surface area (Å²) in [6.45, 7) is 7.16. The van der Waals surface area contributed by atoms with Crippen LogP contribution in [0.1, 0.15) is 29.5 Å². The molecule has 1 aromatic heterocycles. The molecule has 1 aliphatic rings. The first-order valence-electron chi connectivity index (χ1n) is 8.02. The molecule has 1 unspecified atom stereocenters. The molecule has 2 heterocycles. The molecular weight excluding hydrogens is 280 g/mol. The lowest BCUT2D eigenvalue weighted by Crippen LogP contribution is -2.50. The summed E-state index contributed by atoms with van der Waals surface area (Å²) in [5.74, 6) is 0.00445. The Balaban J connectivity index is 1.85. The molecule has 6 nitrogen and oxygen atoms in total. The molecule has 1 atom stereocenters. The van der Waals surface area contributed by atoms with Crippen molar-refractivity contribution in [3.63, 3.8) is 0 Å². The Labute approximate surface area is 132 Å². The Morgan fingerprint density at radius 3 is 2.55 bits per heavy atom. The van der Waals surface area contributed by atoms with Crippen LogP contribution in [0.5, 0.6) is 0 Å². The number of aromatic amines is 1. The van der Waals surface area contributed by atoms with Crippen LogP contribution < -0.4 is 0 Å². The number of rotatable bonds is 6. The second-order valence-electron chi connectivity index (χ2n) is 6.15. The Kier molecular flexibility index (Phi) is 5.99. The third-order valence-electron chi connectivity index (χ3n) is 4.38. The lowest BCUT2D eigenvalue weighted by molar-refractivity contribution is 0.0604. The number of carbonyl (C=O) groups is 1. The van der Waals surface area contributed by atoms with Gasteiger partial charge in [0.2, 0.25) is 0 Å². The van der Waals surface area contributed by atoms with Crippen molar-refractivity contribution in [1.29, 1.82) is 0 Å². The third-order valence-corrected chi connectivity index (χ3v) is 4.38. The SMILES string of the molecule is CCC(CO)N1CCN(Cc2ccc(C(=O)N(C)C)[nH]2)CC1. The van der Waals surface area contributed by atoms with Crippen LogP contribution in [0.2, 0.25) is 0 Å². The molecule has 0 bridgehead atoms. The van der Waals surface area contributed by atoms with Crippen LogP contribution in [0, 0.1) is 0 Å². The van der Waals surface area contributed by atoms with Gasteiger partial charge in [0.1, 0.15) is 5.69 Å². The summed E-state index contributed by atoms with van der Waals surface area (Å²) >= 11 is 0. The first-order valence-corrected chi connectivity index (χ1v) is 8.02.